The number of carbonyl (C=O) groups excluding carboxylic acids is 1. The SMILES string of the molecule is Cc1cc2c([nH]1)CC(C)CC2=O. The molecule has 0 amide bonds. The molecule has 1 atom stereocenters. The number of rotatable bonds is 0. The van der Waals surface area contributed by atoms with Gasteiger partial charge in [0.25, 0.3) is 0 Å². The standard InChI is InChI=1S/C10H13NO/c1-6-3-9-8(10(12)4-6)5-7(2)11-9/h5-6,11H,3-4H2,1-2H3. The van der Waals surface area contributed by atoms with Crippen molar-refractivity contribution >= 4 is 5.78 Å². The van der Waals surface area contributed by atoms with E-state index in [0.29, 0.717) is 18.1 Å². The van der Waals surface area contributed by atoms with Gasteiger partial charge in [-0.3, -0.25) is 4.79 Å². The van der Waals surface area contributed by atoms with E-state index in [1.54, 1.807) is 0 Å². The summed E-state index contributed by atoms with van der Waals surface area (Å²) in [4.78, 5) is 14.7. The molecule has 0 radical (unpaired) electrons. The Morgan fingerprint density at radius 1 is 1.50 bits per heavy atom. The summed E-state index contributed by atoms with van der Waals surface area (Å²) in [5, 5.41) is 0. The van der Waals surface area contributed by atoms with Crippen molar-refractivity contribution in [2.75, 3.05) is 0 Å². The molecular formula is C10H13NO. The van der Waals surface area contributed by atoms with E-state index in [-0.39, 0.29) is 0 Å². The first kappa shape index (κ1) is 7.59. The Morgan fingerprint density at radius 2 is 2.25 bits per heavy atom. The lowest BCUT2D eigenvalue weighted by molar-refractivity contribution is 0.0953. The number of carbonyl (C=O) groups is 1. The second kappa shape index (κ2) is 2.47. The summed E-state index contributed by atoms with van der Waals surface area (Å²) < 4.78 is 0. The third kappa shape index (κ3) is 1.07. The van der Waals surface area contributed by atoms with Crippen molar-refractivity contribution in [2.24, 2.45) is 5.92 Å². The van der Waals surface area contributed by atoms with Gasteiger partial charge in [0.05, 0.1) is 0 Å². The Kier molecular flexibility index (Phi) is 1.56. The van der Waals surface area contributed by atoms with E-state index >= 15 is 0 Å². The van der Waals surface area contributed by atoms with Crippen LogP contribution in [0, 0.1) is 12.8 Å². The average Bonchev–Trinajstić information content (AvgIpc) is 2.29. The second-order valence-corrected chi connectivity index (χ2v) is 3.78. The van der Waals surface area contributed by atoms with Crippen LogP contribution in [0.2, 0.25) is 0 Å². The third-order valence-electron chi connectivity index (χ3n) is 2.42. The first-order valence-corrected chi connectivity index (χ1v) is 4.38. The van der Waals surface area contributed by atoms with E-state index in [2.05, 4.69) is 11.9 Å². The molecular weight excluding hydrogens is 150 g/mol. The van der Waals surface area contributed by atoms with Crippen molar-refractivity contribution in [1.82, 2.24) is 4.98 Å². The van der Waals surface area contributed by atoms with Crippen molar-refractivity contribution in [3.63, 3.8) is 0 Å². The molecule has 2 nitrogen and oxygen atoms in total. The maximum absolute atomic E-state index is 11.5. The monoisotopic (exact) mass is 163 g/mol. The van der Waals surface area contributed by atoms with Crippen molar-refractivity contribution < 1.29 is 4.79 Å². The van der Waals surface area contributed by atoms with Gasteiger partial charge in [0.1, 0.15) is 0 Å². The molecule has 0 aliphatic heterocycles. The Hall–Kier alpha value is -1.05. The van der Waals surface area contributed by atoms with Crippen molar-refractivity contribution in [3.05, 3.63) is 23.0 Å². The molecule has 0 spiro atoms. The molecule has 1 unspecified atom stereocenters. The van der Waals surface area contributed by atoms with Crippen molar-refractivity contribution in [1.29, 1.82) is 0 Å². The average molecular weight is 163 g/mol. The number of aromatic nitrogens is 1. The molecule has 1 aliphatic rings. The van der Waals surface area contributed by atoms with Gasteiger partial charge in [0.2, 0.25) is 0 Å². The summed E-state index contributed by atoms with van der Waals surface area (Å²) in [5.41, 5.74) is 3.16. The molecule has 12 heavy (non-hydrogen) atoms. The first-order chi connectivity index (χ1) is 5.66. The highest BCUT2D eigenvalue weighted by Crippen LogP contribution is 2.25. The highest BCUT2D eigenvalue weighted by molar-refractivity contribution is 5.98. The predicted molar refractivity (Wildman–Crippen MR) is 47.3 cm³/mol. The maximum atomic E-state index is 11.5. The van der Waals surface area contributed by atoms with Crippen LogP contribution in [-0.2, 0) is 6.42 Å². The number of ketones is 1. The van der Waals surface area contributed by atoms with E-state index in [0.717, 1.165) is 23.4 Å². The van der Waals surface area contributed by atoms with Gasteiger partial charge in [-0.05, 0) is 25.3 Å². The minimum Gasteiger partial charge on any atom is -0.362 e. The fourth-order valence-corrected chi connectivity index (χ4v) is 1.90. The number of hydrogen-bond acceptors (Lipinski definition) is 1. The molecule has 0 aromatic carbocycles. The molecule has 2 heteroatoms. The lowest BCUT2D eigenvalue weighted by Crippen LogP contribution is -2.16. The molecule has 1 aliphatic carbocycles. The normalized spacial score (nSPS) is 22.5. The van der Waals surface area contributed by atoms with Crippen molar-refractivity contribution in [2.45, 2.75) is 26.7 Å². The molecule has 0 fully saturated rings. The zero-order valence-corrected chi connectivity index (χ0v) is 7.48. The molecule has 1 aromatic heterocycles. The summed E-state index contributed by atoms with van der Waals surface area (Å²) in [6.07, 6.45) is 1.74. The van der Waals surface area contributed by atoms with Crippen LogP contribution in [0.4, 0.5) is 0 Å². The zero-order valence-electron chi connectivity index (χ0n) is 7.48. The quantitative estimate of drug-likeness (QED) is 0.624. The van der Waals surface area contributed by atoms with E-state index in [9.17, 15) is 4.79 Å². The second-order valence-electron chi connectivity index (χ2n) is 3.78. The van der Waals surface area contributed by atoms with E-state index in [4.69, 9.17) is 0 Å². The minimum atomic E-state index is 0.299. The predicted octanol–water partition coefficient (Wildman–Crippen LogP) is 2.09. The fraction of sp³-hybridized carbons (Fsp3) is 0.500. The number of hydrogen-bond donors (Lipinski definition) is 1. The third-order valence-corrected chi connectivity index (χ3v) is 2.42. The van der Waals surface area contributed by atoms with Gasteiger partial charge < -0.3 is 4.98 Å². The summed E-state index contributed by atoms with van der Waals surface area (Å²) in [6, 6.07) is 1.96. The number of aromatic amines is 1. The lowest BCUT2D eigenvalue weighted by Gasteiger charge is -2.16. The van der Waals surface area contributed by atoms with Crippen LogP contribution in [0.3, 0.4) is 0 Å². The van der Waals surface area contributed by atoms with Gasteiger partial charge in [-0.25, -0.2) is 0 Å². The van der Waals surface area contributed by atoms with E-state index < -0.39 is 0 Å². The van der Waals surface area contributed by atoms with Gasteiger partial charge >= 0.3 is 0 Å². The van der Waals surface area contributed by atoms with Crippen LogP contribution >= 0.6 is 0 Å². The highest BCUT2D eigenvalue weighted by Gasteiger charge is 2.23. The van der Waals surface area contributed by atoms with Gasteiger partial charge in [0.15, 0.2) is 5.78 Å². The van der Waals surface area contributed by atoms with Crippen LogP contribution in [0.1, 0.15) is 35.1 Å². The zero-order chi connectivity index (χ0) is 8.72. The van der Waals surface area contributed by atoms with Gasteiger partial charge in [-0.15, -0.1) is 0 Å². The van der Waals surface area contributed by atoms with Crippen LogP contribution in [0.15, 0.2) is 6.07 Å². The number of Topliss-reactive ketones (excluding diaryl/α,β-unsaturated/α-hetero) is 1. The minimum absolute atomic E-state index is 0.299. The van der Waals surface area contributed by atoms with Crippen LogP contribution in [-0.4, -0.2) is 10.8 Å². The van der Waals surface area contributed by atoms with E-state index in [1.807, 2.05) is 13.0 Å². The van der Waals surface area contributed by atoms with Gasteiger partial charge in [-0.2, -0.15) is 0 Å². The number of fused-ring (bicyclic) bond motifs is 1. The number of H-pyrrole nitrogens is 1. The fourth-order valence-electron chi connectivity index (χ4n) is 1.90. The number of nitrogens with one attached hydrogen (secondary N) is 1. The summed E-state index contributed by atoms with van der Waals surface area (Å²) in [6.45, 7) is 4.12. The summed E-state index contributed by atoms with van der Waals surface area (Å²) in [5.74, 6) is 0.802. The molecule has 64 valence electrons. The van der Waals surface area contributed by atoms with Gasteiger partial charge in [-0.1, -0.05) is 6.92 Å². The van der Waals surface area contributed by atoms with Crippen LogP contribution in [0.25, 0.3) is 0 Å². The van der Waals surface area contributed by atoms with Gasteiger partial charge in [0, 0.05) is 23.4 Å². The van der Waals surface area contributed by atoms with Crippen LogP contribution in [0.5, 0.6) is 0 Å². The topological polar surface area (TPSA) is 32.9 Å². The van der Waals surface area contributed by atoms with Crippen molar-refractivity contribution in [3.8, 4) is 0 Å². The Morgan fingerprint density at radius 3 is 3.00 bits per heavy atom. The molecule has 0 saturated carbocycles. The Labute approximate surface area is 72.0 Å². The number of aryl methyl sites for hydroxylation is 1. The highest BCUT2D eigenvalue weighted by atomic mass is 16.1. The molecule has 1 heterocycles. The van der Waals surface area contributed by atoms with E-state index in [1.165, 1.54) is 0 Å². The largest absolute Gasteiger partial charge is 0.362 e. The summed E-state index contributed by atoms with van der Waals surface area (Å²) in [7, 11) is 0. The van der Waals surface area contributed by atoms with Crippen LogP contribution < -0.4 is 0 Å². The Balaban J connectivity index is 2.46. The molecule has 1 N–H and O–H groups in total. The first-order valence-electron chi connectivity index (χ1n) is 4.38. The summed E-state index contributed by atoms with van der Waals surface area (Å²) >= 11 is 0. The smallest absolute Gasteiger partial charge is 0.164 e. The Bertz CT molecular complexity index is 325. The molecule has 1 aromatic rings. The lowest BCUT2D eigenvalue weighted by atomic mass is 9.88. The molecule has 0 saturated heterocycles. The molecule has 2 rings (SSSR count). The maximum Gasteiger partial charge on any atom is 0.164 e. The molecule has 0 bridgehead atoms.